The lowest BCUT2D eigenvalue weighted by molar-refractivity contribution is -0.128. The fourth-order valence-electron chi connectivity index (χ4n) is 4.19. The van der Waals surface area contributed by atoms with Gasteiger partial charge >= 0.3 is 7.52 Å². The maximum absolute atomic E-state index is 13.8. The third-order valence-corrected chi connectivity index (χ3v) is 7.89. The predicted octanol–water partition coefficient (Wildman–Crippen LogP) is 3.97. The van der Waals surface area contributed by atoms with Crippen molar-refractivity contribution < 1.29 is 23.8 Å². The Kier molecular flexibility index (Phi) is 6.77. The Morgan fingerprint density at radius 2 is 1.91 bits per heavy atom. The minimum absolute atomic E-state index is 0.00822. The number of benzene rings is 1. The average molecular weight is 491 g/mol. The molecule has 0 saturated carbocycles. The molecule has 186 valence electrons. The number of aliphatic hydroxyl groups is 1. The van der Waals surface area contributed by atoms with Gasteiger partial charge in [-0.05, 0) is 42.4 Å². The summed E-state index contributed by atoms with van der Waals surface area (Å²) in [6.45, 7) is 14.4. The van der Waals surface area contributed by atoms with Crippen LogP contribution in [0, 0.1) is 10.8 Å². The number of anilines is 1. The molecule has 0 saturated heterocycles. The number of hydrogen-bond donors (Lipinski definition) is 3. The smallest absolute Gasteiger partial charge is 0.348 e. The molecule has 0 fully saturated rings. The van der Waals surface area contributed by atoms with Crippen LogP contribution in [-0.4, -0.2) is 46.8 Å². The number of amidine groups is 1. The minimum Gasteiger partial charge on any atom is -0.509 e. The summed E-state index contributed by atoms with van der Waals surface area (Å²) in [4.78, 5) is 26.9. The second-order valence-electron chi connectivity index (χ2n) is 10.9. The van der Waals surface area contributed by atoms with E-state index in [0.29, 0.717) is 12.2 Å². The van der Waals surface area contributed by atoms with Crippen molar-refractivity contribution in [2.45, 2.75) is 60.9 Å². The fraction of sp³-hybridized carbons (Fsp3) is 0.542. The molecule has 0 radical (unpaired) electrons. The molecule has 1 aromatic carbocycles. The van der Waals surface area contributed by atoms with Gasteiger partial charge in [-0.3, -0.25) is 14.2 Å². The summed E-state index contributed by atoms with van der Waals surface area (Å²) in [7, 11) is -3.85. The van der Waals surface area contributed by atoms with Crippen molar-refractivity contribution in [3.05, 3.63) is 35.1 Å². The zero-order chi connectivity index (χ0) is 25.6. The van der Waals surface area contributed by atoms with Crippen LogP contribution < -0.4 is 16.4 Å². The highest BCUT2D eigenvalue weighted by Gasteiger charge is 2.48. The molecule has 34 heavy (non-hydrogen) atoms. The molecule has 2 atom stereocenters. The van der Waals surface area contributed by atoms with Crippen LogP contribution in [0.5, 0.6) is 0 Å². The summed E-state index contributed by atoms with van der Waals surface area (Å²) in [6, 6.07) is 3.86. The lowest BCUT2D eigenvalue weighted by Crippen LogP contribution is -2.45. The Labute approximate surface area is 201 Å². The average Bonchev–Trinajstić information content (AvgIpc) is 2.95. The monoisotopic (exact) mass is 490 g/mol. The highest BCUT2D eigenvalue weighted by molar-refractivity contribution is 7.66. The van der Waals surface area contributed by atoms with Crippen molar-refractivity contribution in [2.75, 3.05) is 18.5 Å². The van der Waals surface area contributed by atoms with Crippen molar-refractivity contribution in [2.24, 2.45) is 21.3 Å². The largest absolute Gasteiger partial charge is 0.509 e. The van der Waals surface area contributed by atoms with E-state index in [1.807, 2.05) is 20.8 Å². The summed E-state index contributed by atoms with van der Waals surface area (Å²) < 4.78 is 23.7. The Bertz CT molecular complexity index is 1130. The van der Waals surface area contributed by atoms with Crippen LogP contribution in [0.15, 0.2) is 34.3 Å². The van der Waals surface area contributed by atoms with Crippen LogP contribution in [0.1, 0.15) is 65.2 Å². The number of aliphatic hydroxyl groups excluding tert-OH is 1. The fourth-order valence-corrected chi connectivity index (χ4v) is 5.99. The van der Waals surface area contributed by atoms with E-state index < -0.39 is 24.9 Å². The van der Waals surface area contributed by atoms with Crippen LogP contribution in [0.4, 0.5) is 5.69 Å². The Hall–Kier alpha value is -2.64. The molecular weight excluding hydrogens is 455 g/mol. The number of rotatable bonds is 6. The van der Waals surface area contributed by atoms with Crippen molar-refractivity contribution in [3.63, 3.8) is 0 Å². The Morgan fingerprint density at radius 1 is 1.26 bits per heavy atom. The molecule has 10 heteroatoms. The van der Waals surface area contributed by atoms with E-state index in [1.165, 1.54) is 12.1 Å². The quantitative estimate of drug-likeness (QED) is 0.517. The Balaban J connectivity index is 2.11. The molecule has 0 aromatic heterocycles. The zero-order valence-corrected chi connectivity index (χ0v) is 21.8. The molecule has 2 heterocycles. The SMILES string of the molecule is CCOP1(=O)N=C(C2=C(O)C(C(C)(C)C)N(CCC(C)(C)C)C2=O)Nc2ccc(C(N)=O)cc21. The van der Waals surface area contributed by atoms with Gasteiger partial charge in [0.15, 0.2) is 5.84 Å². The summed E-state index contributed by atoms with van der Waals surface area (Å²) in [6.07, 6.45) is 0.738. The first-order chi connectivity index (χ1) is 15.6. The first-order valence-electron chi connectivity index (χ1n) is 11.4. The molecule has 4 N–H and O–H groups in total. The van der Waals surface area contributed by atoms with Gasteiger partial charge in [-0.25, -0.2) is 0 Å². The Morgan fingerprint density at radius 3 is 2.44 bits per heavy atom. The molecule has 2 aliphatic rings. The summed E-state index contributed by atoms with van der Waals surface area (Å²) >= 11 is 0. The molecular formula is C24H35N4O5P. The second kappa shape index (κ2) is 8.86. The molecule has 9 nitrogen and oxygen atoms in total. The highest BCUT2D eigenvalue weighted by Crippen LogP contribution is 2.52. The van der Waals surface area contributed by atoms with Gasteiger partial charge in [-0.2, -0.15) is 4.76 Å². The predicted molar refractivity (Wildman–Crippen MR) is 134 cm³/mol. The van der Waals surface area contributed by atoms with E-state index >= 15 is 0 Å². The van der Waals surface area contributed by atoms with Crippen molar-refractivity contribution in [3.8, 4) is 0 Å². The van der Waals surface area contributed by atoms with Gasteiger partial charge in [0.05, 0.1) is 23.6 Å². The summed E-state index contributed by atoms with van der Waals surface area (Å²) in [5.74, 6) is -1.17. The van der Waals surface area contributed by atoms with Gasteiger partial charge < -0.3 is 25.6 Å². The normalized spacial score (nSPS) is 23.0. The van der Waals surface area contributed by atoms with E-state index in [-0.39, 0.29) is 46.0 Å². The summed E-state index contributed by atoms with van der Waals surface area (Å²) in [5, 5.41) is 14.5. The summed E-state index contributed by atoms with van der Waals surface area (Å²) in [5.41, 5.74) is 5.45. The number of nitrogens with two attached hydrogens (primary N) is 1. The first kappa shape index (κ1) is 26.0. The maximum atomic E-state index is 13.8. The van der Waals surface area contributed by atoms with Crippen LogP contribution in [0.25, 0.3) is 0 Å². The molecule has 0 spiro atoms. The second-order valence-corrected chi connectivity index (χ2v) is 12.9. The third-order valence-electron chi connectivity index (χ3n) is 5.84. The number of carbonyl (C=O) groups is 2. The molecule has 0 aliphatic carbocycles. The molecule has 2 aliphatic heterocycles. The molecule has 2 amide bonds. The molecule has 1 aromatic rings. The maximum Gasteiger partial charge on any atom is 0.348 e. The third kappa shape index (κ3) is 4.91. The lowest BCUT2D eigenvalue weighted by atomic mass is 9.84. The zero-order valence-electron chi connectivity index (χ0n) is 20.9. The number of nitrogens with one attached hydrogen (secondary N) is 1. The van der Waals surface area contributed by atoms with E-state index in [2.05, 4.69) is 30.9 Å². The van der Waals surface area contributed by atoms with Crippen molar-refractivity contribution in [1.82, 2.24) is 4.90 Å². The van der Waals surface area contributed by atoms with Crippen LogP contribution >= 0.6 is 7.52 Å². The number of amides is 2. The van der Waals surface area contributed by atoms with Gasteiger partial charge in [0.2, 0.25) is 5.91 Å². The van der Waals surface area contributed by atoms with E-state index in [0.717, 1.165) is 6.42 Å². The van der Waals surface area contributed by atoms with Gasteiger partial charge in [-0.15, -0.1) is 0 Å². The number of nitrogens with zero attached hydrogens (tertiary/aromatic N) is 2. The van der Waals surface area contributed by atoms with Crippen LogP contribution in [-0.2, 0) is 13.9 Å². The van der Waals surface area contributed by atoms with Gasteiger partial charge in [-0.1, -0.05) is 41.5 Å². The van der Waals surface area contributed by atoms with Gasteiger partial charge in [0.25, 0.3) is 5.91 Å². The van der Waals surface area contributed by atoms with Crippen LogP contribution in [0.2, 0.25) is 0 Å². The van der Waals surface area contributed by atoms with Crippen LogP contribution in [0.3, 0.4) is 0 Å². The lowest BCUT2D eigenvalue weighted by Gasteiger charge is -2.36. The number of primary amides is 1. The first-order valence-corrected chi connectivity index (χ1v) is 13.0. The van der Waals surface area contributed by atoms with E-state index in [1.54, 1.807) is 17.9 Å². The molecule has 2 unspecified atom stereocenters. The van der Waals surface area contributed by atoms with Crippen molar-refractivity contribution >= 4 is 36.2 Å². The standard InChI is InChI=1S/C24H35N4O5P/c1-8-33-34(32)16-13-14(20(25)30)9-10-15(16)26-21(27-34)17-18(29)19(24(5,6)7)28(22(17)31)12-11-23(2,3)4/h9-10,13,19,29H,8,11-12H2,1-7H3,(H2,25,30)(H,26,27,32). The molecule has 0 bridgehead atoms. The van der Waals surface area contributed by atoms with Crippen molar-refractivity contribution in [1.29, 1.82) is 0 Å². The number of carbonyl (C=O) groups excluding carboxylic acids is 2. The van der Waals surface area contributed by atoms with Gasteiger partial charge in [0, 0.05) is 12.1 Å². The number of fused-ring (bicyclic) bond motifs is 1. The number of hydrogen-bond acceptors (Lipinski definition) is 6. The van der Waals surface area contributed by atoms with E-state index in [9.17, 15) is 19.3 Å². The van der Waals surface area contributed by atoms with Gasteiger partial charge in [0.1, 0.15) is 11.3 Å². The highest BCUT2D eigenvalue weighted by atomic mass is 31.2. The topological polar surface area (TPSA) is 134 Å². The minimum atomic E-state index is -3.85. The molecule has 3 rings (SSSR count). The van der Waals surface area contributed by atoms with E-state index in [4.69, 9.17) is 10.3 Å².